The number of rotatable bonds is 15. The maximum atomic E-state index is 9.45. The van der Waals surface area contributed by atoms with E-state index in [1.165, 1.54) is 70.6 Å². The molecule has 0 aromatic carbocycles. The highest BCUT2D eigenvalue weighted by molar-refractivity contribution is 4.55. The Kier molecular flexibility index (Phi) is 15.9. The van der Waals surface area contributed by atoms with Gasteiger partial charge in [0.05, 0.1) is 6.10 Å². The minimum Gasteiger partial charge on any atom is -0.396 e. The molecule has 0 fully saturated rings. The summed E-state index contributed by atoms with van der Waals surface area (Å²) in [5, 5.41) is 18.1. The molecular weight excluding hydrogens is 236 g/mol. The topological polar surface area (TPSA) is 40.5 Å². The second-order valence-corrected chi connectivity index (χ2v) is 5.84. The molecule has 0 spiro atoms. The van der Waals surface area contributed by atoms with E-state index in [2.05, 4.69) is 6.92 Å². The highest BCUT2D eigenvalue weighted by Gasteiger charge is 2.02. The fourth-order valence-corrected chi connectivity index (χ4v) is 2.51. The predicted molar refractivity (Wildman–Crippen MR) is 83.4 cm³/mol. The van der Waals surface area contributed by atoms with Crippen LogP contribution in [0.25, 0.3) is 0 Å². The minimum atomic E-state index is -0.284. The first-order chi connectivity index (χ1) is 9.31. The summed E-state index contributed by atoms with van der Waals surface area (Å²) in [6.07, 6.45) is 17.3. The monoisotopic (exact) mass is 272 g/mol. The lowest BCUT2D eigenvalue weighted by atomic mass is 10.0. The molecule has 116 valence electrons. The van der Waals surface area contributed by atoms with Gasteiger partial charge in [0.25, 0.3) is 0 Å². The third-order valence-corrected chi connectivity index (χ3v) is 3.85. The van der Waals surface area contributed by atoms with Crippen molar-refractivity contribution < 1.29 is 10.2 Å². The molecule has 0 saturated carbocycles. The Morgan fingerprint density at radius 1 is 0.632 bits per heavy atom. The van der Waals surface area contributed by atoms with Gasteiger partial charge in [0.2, 0.25) is 0 Å². The molecule has 2 heteroatoms. The van der Waals surface area contributed by atoms with Crippen molar-refractivity contribution >= 4 is 0 Å². The van der Waals surface area contributed by atoms with Crippen LogP contribution in [0.3, 0.4) is 0 Å². The zero-order valence-corrected chi connectivity index (χ0v) is 13.1. The van der Waals surface area contributed by atoms with Crippen LogP contribution in [0.15, 0.2) is 0 Å². The summed E-state index contributed by atoms with van der Waals surface area (Å²) in [7, 11) is 0. The van der Waals surface area contributed by atoms with Crippen LogP contribution in [0.4, 0.5) is 0 Å². The first-order valence-electron chi connectivity index (χ1n) is 8.60. The van der Waals surface area contributed by atoms with Crippen LogP contribution in [0, 0.1) is 0 Å². The Morgan fingerprint density at radius 3 is 1.47 bits per heavy atom. The summed E-state index contributed by atoms with van der Waals surface area (Å²) in [4.78, 5) is 0. The van der Waals surface area contributed by atoms with Gasteiger partial charge >= 0.3 is 0 Å². The number of aliphatic hydroxyl groups is 2. The Labute approximate surface area is 120 Å². The molecule has 0 aliphatic carbocycles. The van der Waals surface area contributed by atoms with E-state index in [9.17, 15) is 5.11 Å². The van der Waals surface area contributed by atoms with E-state index in [1.54, 1.807) is 0 Å². The largest absolute Gasteiger partial charge is 0.396 e. The molecule has 19 heavy (non-hydrogen) atoms. The van der Waals surface area contributed by atoms with Crippen LogP contribution in [-0.4, -0.2) is 22.9 Å². The average Bonchev–Trinajstić information content (AvgIpc) is 2.40. The molecule has 0 saturated heterocycles. The van der Waals surface area contributed by atoms with Gasteiger partial charge in [-0.1, -0.05) is 84.0 Å². The van der Waals surface area contributed by atoms with Gasteiger partial charge in [0, 0.05) is 6.61 Å². The van der Waals surface area contributed by atoms with Crippen molar-refractivity contribution in [3.8, 4) is 0 Å². The summed E-state index contributed by atoms with van der Waals surface area (Å²) >= 11 is 0. The summed E-state index contributed by atoms with van der Waals surface area (Å²) in [6.45, 7) is 2.38. The van der Waals surface area contributed by atoms with Gasteiger partial charge in [-0.05, 0) is 12.8 Å². The number of hydrogen-bond donors (Lipinski definition) is 2. The van der Waals surface area contributed by atoms with Crippen molar-refractivity contribution in [1.29, 1.82) is 0 Å². The second kappa shape index (κ2) is 16.0. The highest BCUT2D eigenvalue weighted by atomic mass is 16.3. The lowest BCUT2D eigenvalue weighted by Gasteiger charge is -2.08. The summed E-state index contributed by atoms with van der Waals surface area (Å²) in [5.74, 6) is 0. The lowest BCUT2D eigenvalue weighted by Crippen LogP contribution is -2.08. The Hall–Kier alpha value is -0.0800. The molecule has 2 nitrogen and oxygen atoms in total. The third kappa shape index (κ3) is 15.9. The zero-order valence-electron chi connectivity index (χ0n) is 13.1. The van der Waals surface area contributed by atoms with Gasteiger partial charge in [-0.2, -0.15) is 0 Å². The molecule has 2 N–H and O–H groups in total. The smallest absolute Gasteiger partial charge is 0.0562 e. The second-order valence-electron chi connectivity index (χ2n) is 5.84. The molecule has 0 unspecified atom stereocenters. The van der Waals surface area contributed by atoms with E-state index in [1.807, 2.05) is 0 Å². The van der Waals surface area contributed by atoms with Crippen LogP contribution in [0.1, 0.15) is 96.8 Å². The molecule has 0 aliphatic rings. The molecule has 0 amide bonds. The first-order valence-corrected chi connectivity index (χ1v) is 8.60. The van der Waals surface area contributed by atoms with Gasteiger partial charge in [-0.15, -0.1) is 0 Å². The quantitative estimate of drug-likeness (QED) is 0.420. The summed E-state index contributed by atoms with van der Waals surface area (Å²) in [6, 6.07) is 0. The van der Waals surface area contributed by atoms with E-state index in [4.69, 9.17) is 5.11 Å². The number of unbranched alkanes of at least 4 members (excludes halogenated alkanes) is 11. The van der Waals surface area contributed by atoms with E-state index in [0.29, 0.717) is 6.42 Å². The normalized spacial score (nSPS) is 12.8. The standard InChI is InChI=1S/C17H36O2/c1-2-3-4-5-6-7-8-9-10-11-12-13-14-17(19)15-16-18/h17-19H,2-16H2,1H3/t17-/m0/s1. The molecule has 0 radical (unpaired) electrons. The maximum Gasteiger partial charge on any atom is 0.0562 e. The highest BCUT2D eigenvalue weighted by Crippen LogP contribution is 2.13. The minimum absolute atomic E-state index is 0.111. The zero-order chi connectivity index (χ0) is 14.2. The maximum absolute atomic E-state index is 9.45. The molecule has 0 aromatic heterocycles. The third-order valence-electron chi connectivity index (χ3n) is 3.85. The van der Waals surface area contributed by atoms with Gasteiger partial charge < -0.3 is 10.2 Å². The van der Waals surface area contributed by atoms with Crippen LogP contribution < -0.4 is 0 Å². The molecule has 0 aliphatic heterocycles. The number of hydrogen-bond acceptors (Lipinski definition) is 2. The first kappa shape index (κ1) is 18.9. The SMILES string of the molecule is CCCCCCCCCCCCCC[C@H](O)CCO. The van der Waals surface area contributed by atoms with Crippen molar-refractivity contribution in [2.75, 3.05) is 6.61 Å². The Bertz CT molecular complexity index is 159. The van der Waals surface area contributed by atoms with Crippen molar-refractivity contribution in [1.82, 2.24) is 0 Å². The Balaban J connectivity index is 2.99. The van der Waals surface area contributed by atoms with Crippen molar-refractivity contribution in [2.24, 2.45) is 0 Å². The van der Waals surface area contributed by atoms with Crippen molar-refractivity contribution in [3.05, 3.63) is 0 Å². The van der Waals surface area contributed by atoms with Crippen molar-refractivity contribution in [2.45, 2.75) is 103 Å². The predicted octanol–water partition coefficient (Wildman–Crippen LogP) is 4.82. The number of aliphatic hydroxyl groups excluding tert-OH is 2. The molecular formula is C17H36O2. The van der Waals surface area contributed by atoms with Gasteiger partial charge in [-0.3, -0.25) is 0 Å². The van der Waals surface area contributed by atoms with Crippen LogP contribution >= 0.6 is 0 Å². The van der Waals surface area contributed by atoms with E-state index in [0.717, 1.165) is 12.8 Å². The van der Waals surface area contributed by atoms with Crippen LogP contribution in [0.5, 0.6) is 0 Å². The van der Waals surface area contributed by atoms with Gasteiger partial charge in [0.1, 0.15) is 0 Å². The van der Waals surface area contributed by atoms with Crippen LogP contribution in [0.2, 0.25) is 0 Å². The summed E-state index contributed by atoms with van der Waals surface area (Å²) < 4.78 is 0. The molecule has 1 atom stereocenters. The van der Waals surface area contributed by atoms with Gasteiger partial charge in [0.15, 0.2) is 0 Å². The van der Waals surface area contributed by atoms with Crippen LogP contribution in [-0.2, 0) is 0 Å². The van der Waals surface area contributed by atoms with E-state index < -0.39 is 0 Å². The van der Waals surface area contributed by atoms with Crippen molar-refractivity contribution in [3.63, 3.8) is 0 Å². The fourth-order valence-electron chi connectivity index (χ4n) is 2.51. The average molecular weight is 272 g/mol. The molecule has 0 bridgehead atoms. The summed E-state index contributed by atoms with van der Waals surface area (Å²) in [5.41, 5.74) is 0. The molecule has 0 rings (SSSR count). The van der Waals surface area contributed by atoms with E-state index >= 15 is 0 Å². The van der Waals surface area contributed by atoms with E-state index in [-0.39, 0.29) is 12.7 Å². The lowest BCUT2D eigenvalue weighted by molar-refractivity contribution is 0.122. The fraction of sp³-hybridized carbons (Fsp3) is 1.00. The molecule has 0 aromatic rings. The molecule has 0 heterocycles. The van der Waals surface area contributed by atoms with Gasteiger partial charge in [-0.25, -0.2) is 0 Å². The Morgan fingerprint density at radius 2 is 1.05 bits per heavy atom.